The molecule has 1 N–H and O–H groups in total. The van der Waals surface area contributed by atoms with Gasteiger partial charge in [0.2, 0.25) is 0 Å². The van der Waals surface area contributed by atoms with Crippen molar-refractivity contribution in [2.24, 2.45) is 0 Å². The normalized spacial score (nSPS) is 17.8. The summed E-state index contributed by atoms with van der Waals surface area (Å²) >= 11 is 0. The molecule has 0 unspecified atom stereocenters. The summed E-state index contributed by atoms with van der Waals surface area (Å²) in [7, 11) is 1.35. The number of methoxy groups -OCH3 is 1. The van der Waals surface area contributed by atoms with Gasteiger partial charge in [0.1, 0.15) is 5.82 Å². The molecule has 0 bridgehead atoms. The van der Waals surface area contributed by atoms with Crippen LogP contribution in [0.2, 0.25) is 0 Å². The Morgan fingerprint density at radius 1 is 1.15 bits per heavy atom. The number of anilines is 1. The third-order valence-corrected chi connectivity index (χ3v) is 7.15. The first-order chi connectivity index (χ1) is 16.1. The first-order valence-electron chi connectivity index (χ1n) is 12.4. The van der Waals surface area contributed by atoms with E-state index >= 15 is 4.39 Å². The van der Waals surface area contributed by atoms with E-state index in [4.69, 9.17) is 0 Å². The maximum absolute atomic E-state index is 15.1. The van der Waals surface area contributed by atoms with Gasteiger partial charge >= 0.3 is 5.97 Å². The summed E-state index contributed by atoms with van der Waals surface area (Å²) in [5.41, 5.74) is 1.98. The average molecular weight is 455 g/mol. The molecule has 33 heavy (non-hydrogen) atoms. The van der Waals surface area contributed by atoms with Crippen LogP contribution in [0.5, 0.6) is 0 Å². The average Bonchev–Trinajstić information content (AvgIpc) is 3.36. The summed E-state index contributed by atoms with van der Waals surface area (Å²) in [5, 5.41) is 3.89. The van der Waals surface area contributed by atoms with Crippen molar-refractivity contribution < 1.29 is 13.9 Å². The fourth-order valence-electron chi connectivity index (χ4n) is 5.32. The van der Waals surface area contributed by atoms with E-state index in [2.05, 4.69) is 14.6 Å². The monoisotopic (exact) mass is 454 g/mol. The van der Waals surface area contributed by atoms with E-state index in [0.717, 1.165) is 37.6 Å². The number of halogens is 1. The molecule has 0 spiro atoms. The number of hydrogen-bond acceptors (Lipinski definition) is 4. The van der Waals surface area contributed by atoms with Gasteiger partial charge < -0.3 is 14.6 Å². The molecule has 1 aromatic heterocycles. The Hall–Kier alpha value is -2.63. The first kappa shape index (κ1) is 23.5. The summed E-state index contributed by atoms with van der Waals surface area (Å²) in [6, 6.07) is 3.95. The van der Waals surface area contributed by atoms with Crippen molar-refractivity contribution in [1.82, 2.24) is 4.57 Å². The summed E-state index contributed by atoms with van der Waals surface area (Å²) in [5.74, 6) is -0.723. The van der Waals surface area contributed by atoms with E-state index in [1.54, 1.807) is 6.08 Å². The number of aromatic nitrogens is 1. The van der Waals surface area contributed by atoms with Crippen LogP contribution in [0.25, 0.3) is 10.9 Å². The molecular formula is C27H35FN2O3. The fraction of sp³-hybridized carbons (Fsp3) is 0.556. The van der Waals surface area contributed by atoms with Crippen LogP contribution in [0.3, 0.4) is 0 Å². The first-order valence-corrected chi connectivity index (χ1v) is 12.4. The Labute approximate surface area is 195 Å². The lowest BCUT2D eigenvalue weighted by molar-refractivity contribution is -0.134. The summed E-state index contributed by atoms with van der Waals surface area (Å²) < 4.78 is 21.9. The SMILES string of the molecule is COC(=O)/C=C/CCCc1cn(C2CCCC2)c2cc(NC3CCCCC3)c(F)cc2c1=O. The highest BCUT2D eigenvalue weighted by Gasteiger charge is 2.22. The molecule has 1 aromatic carbocycles. The van der Waals surface area contributed by atoms with Gasteiger partial charge in [-0.25, -0.2) is 9.18 Å². The molecule has 4 rings (SSSR count). The van der Waals surface area contributed by atoms with Gasteiger partial charge in [-0.15, -0.1) is 0 Å². The van der Waals surface area contributed by atoms with Crippen molar-refractivity contribution in [1.29, 1.82) is 0 Å². The van der Waals surface area contributed by atoms with Gasteiger partial charge in [0, 0.05) is 35.3 Å². The van der Waals surface area contributed by atoms with Crippen LogP contribution in [0.1, 0.15) is 82.2 Å². The van der Waals surface area contributed by atoms with Crippen molar-refractivity contribution in [2.45, 2.75) is 89.1 Å². The van der Waals surface area contributed by atoms with E-state index in [0.29, 0.717) is 41.6 Å². The fourth-order valence-corrected chi connectivity index (χ4v) is 5.32. The Bertz CT molecular complexity index is 1060. The number of carbonyl (C=O) groups is 1. The highest BCUT2D eigenvalue weighted by atomic mass is 19.1. The van der Waals surface area contributed by atoms with Crippen LogP contribution < -0.4 is 10.7 Å². The van der Waals surface area contributed by atoms with Crippen molar-refractivity contribution in [2.75, 3.05) is 12.4 Å². The van der Waals surface area contributed by atoms with E-state index in [1.165, 1.54) is 51.4 Å². The number of nitrogens with one attached hydrogen (secondary N) is 1. The molecule has 2 aromatic rings. The lowest BCUT2D eigenvalue weighted by atomic mass is 9.95. The van der Waals surface area contributed by atoms with Crippen molar-refractivity contribution in [3.8, 4) is 0 Å². The molecule has 0 atom stereocenters. The zero-order chi connectivity index (χ0) is 23.2. The molecule has 1 heterocycles. The number of aryl methyl sites for hydroxylation is 1. The van der Waals surface area contributed by atoms with E-state index in [9.17, 15) is 9.59 Å². The van der Waals surface area contributed by atoms with Crippen LogP contribution >= 0.6 is 0 Å². The molecule has 2 saturated carbocycles. The smallest absolute Gasteiger partial charge is 0.330 e. The van der Waals surface area contributed by atoms with Gasteiger partial charge in [-0.2, -0.15) is 0 Å². The standard InChI is InChI=1S/C27H35FN2O3/c1-33-26(31)15-7-2-4-10-19-18-30(21-13-8-9-14-21)25-17-24(23(28)16-22(25)27(19)32)29-20-11-5-3-6-12-20/h7,15-18,20-21,29H,2-6,8-14H2,1H3/b15-7+. The number of carbonyl (C=O) groups excluding carboxylic acids is 1. The maximum atomic E-state index is 15.1. The second-order valence-corrected chi connectivity index (χ2v) is 9.48. The molecule has 0 saturated heterocycles. The highest BCUT2D eigenvalue weighted by Crippen LogP contribution is 2.34. The molecule has 0 amide bonds. The molecule has 178 valence electrons. The number of rotatable bonds is 8. The molecule has 5 nitrogen and oxygen atoms in total. The molecule has 6 heteroatoms. The second kappa shape index (κ2) is 11.0. The lowest BCUT2D eigenvalue weighted by Gasteiger charge is -2.25. The minimum absolute atomic E-state index is 0.0840. The van der Waals surface area contributed by atoms with Crippen LogP contribution in [0, 0.1) is 5.82 Å². The minimum Gasteiger partial charge on any atom is -0.466 e. The van der Waals surface area contributed by atoms with Crippen molar-refractivity contribution >= 4 is 22.6 Å². The van der Waals surface area contributed by atoms with Gasteiger partial charge in [-0.05, 0) is 57.1 Å². The third-order valence-electron chi connectivity index (χ3n) is 7.15. The molecule has 2 fully saturated rings. The largest absolute Gasteiger partial charge is 0.466 e. The molecule has 2 aliphatic carbocycles. The Balaban J connectivity index is 1.63. The summed E-state index contributed by atoms with van der Waals surface area (Å²) in [6.07, 6.45) is 17.5. The minimum atomic E-state index is -0.377. The Morgan fingerprint density at radius 2 is 1.88 bits per heavy atom. The van der Waals surface area contributed by atoms with Crippen LogP contribution in [-0.4, -0.2) is 23.7 Å². The number of pyridine rings is 1. The topological polar surface area (TPSA) is 60.3 Å². The molecule has 2 aliphatic rings. The quantitative estimate of drug-likeness (QED) is 0.300. The molecule has 0 radical (unpaired) electrons. The predicted molar refractivity (Wildman–Crippen MR) is 130 cm³/mol. The number of nitrogens with zero attached hydrogens (tertiary/aromatic N) is 1. The zero-order valence-electron chi connectivity index (χ0n) is 19.6. The van der Waals surface area contributed by atoms with Gasteiger partial charge in [0.05, 0.1) is 18.3 Å². The van der Waals surface area contributed by atoms with Gasteiger partial charge in [-0.3, -0.25) is 4.79 Å². The summed E-state index contributed by atoms with van der Waals surface area (Å²) in [6.45, 7) is 0. The second-order valence-electron chi connectivity index (χ2n) is 9.48. The van der Waals surface area contributed by atoms with Gasteiger partial charge in [-0.1, -0.05) is 38.2 Å². The third kappa shape index (κ3) is 5.66. The predicted octanol–water partition coefficient (Wildman–Crippen LogP) is 6.05. The highest BCUT2D eigenvalue weighted by molar-refractivity contribution is 5.84. The van der Waals surface area contributed by atoms with Crippen LogP contribution in [-0.2, 0) is 16.0 Å². The number of unbranched alkanes of at least 4 members (excludes halogenated alkanes) is 1. The molecule has 0 aliphatic heterocycles. The van der Waals surface area contributed by atoms with Crippen molar-refractivity contribution in [3.05, 3.63) is 52.1 Å². The number of esters is 1. The number of allylic oxidation sites excluding steroid dienone is 1. The number of ether oxygens (including phenoxy) is 1. The van der Waals surface area contributed by atoms with E-state index < -0.39 is 0 Å². The zero-order valence-corrected chi connectivity index (χ0v) is 19.6. The van der Waals surface area contributed by atoms with E-state index in [-0.39, 0.29) is 17.2 Å². The number of benzene rings is 1. The number of hydrogen-bond donors (Lipinski definition) is 1. The number of fused-ring (bicyclic) bond motifs is 1. The lowest BCUT2D eigenvalue weighted by Crippen LogP contribution is -2.23. The Kier molecular flexibility index (Phi) is 7.84. The Morgan fingerprint density at radius 3 is 2.61 bits per heavy atom. The van der Waals surface area contributed by atoms with Gasteiger partial charge in [0.25, 0.3) is 0 Å². The van der Waals surface area contributed by atoms with E-state index in [1.807, 2.05) is 12.3 Å². The molecular weight excluding hydrogens is 419 g/mol. The van der Waals surface area contributed by atoms with Crippen LogP contribution in [0.15, 0.2) is 35.3 Å². The van der Waals surface area contributed by atoms with Gasteiger partial charge in [0.15, 0.2) is 5.43 Å². The van der Waals surface area contributed by atoms with Crippen molar-refractivity contribution in [3.63, 3.8) is 0 Å². The summed E-state index contributed by atoms with van der Waals surface area (Å²) in [4.78, 5) is 24.5. The maximum Gasteiger partial charge on any atom is 0.330 e. The van der Waals surface area contributed by atoms with Crippen LogP contribution in [0.4, 0.5) is 10.1 Å².